The normalized spacial score (nSPS) is 19.6. The van der Waals surface area contributed by atoms with E-state index in [0.29, 0.717) is 0 Å². The van der Waals surface area contributed by atoms with Gasteiger partial charge in [-0.1, -0.05) is 30.3 Å². The lowest BCUT2D eigenvalue weighted by Crippen LogP contribution is -2.63. The van der Waals surface area contributed by atoms with Crippen molar-refractivity contribution in [3.63, 3.8) is 0 Å². The van der Waals surface area contributed by atoms with Gasteiger partial charge in [-0.25, -0.2) is 0 Å². The molecule has 1 aromatic heterocycles. The number of anilines is 1. The van der Waals surface area contributed by atoms with Crippen LogP contribution in [-0.4, -0.2) is 34.1 Å². The quantitative estimate of drug-likeness (QED) is 0.662. The monoisotopic (exact) mass is 377 g/mol. The molecule has 1 aliphatic rings. The molecule has 1 N–H and O–H groups in total. The highest BCUT2D eigenvalue weighted by Gasteiger charge is 2.46. The number of carbonyl (C=O) groups is 1. The fraction of sp³-hybridized carbons (Fsp3) is 0.273. The molecule has 2 aromatic carbocycles. The van der Waals surface area contributed by atoms with E-state index in [1.54, 1.807) is 18.0 Å². The summed E-state index contributed by atoms with van der Waals surface area (Å²) < 4.78 is 0. The van der Waals surface area contributed by atoms with E-state index < -0.39 is 5.54 Å². The number of hydrogen-bond donors (Lipinski definition) is 1. The number of hydrogen-bond acceptors (Lipinski definition) is 4. The van der Waals surface area contributed by atoms with Gasteiger partial charge in [0.15, 0.2) is 0 Å². The maximum absolute atomic E-state index is 13.1. The minimum atomic E-state index is -0.491. The Morgan fingerprint density at radius 1 is 1.19 bits per heavy atom. The number of rotatable bonds is 5. The van der Waals surface area contributed by atoms with Crippen LogP contribution in [0.15, 0.2) is 65.7 Å². The van der Waals surface area contributed by atoms with E-state index in [1.807, 2.05) is 37.3 Å². The van der Waals surface area contributed by atoms with E-state index in [2.05, 4.69) is 45.7 Å². The minimum absolute atomic E-state index is 0.0348. The van der Waals surface area contributed by atoms with Gasteiger partial charge in [0.1, 0.15) is 0 Å². The van der Waals surface area contributed by atoms with Gasteiger partial charge in [0.2, 0.25) is 5.91 Å². The van der Waals surface area contributed by atoms with Gasteiger partial charge >= 0.3 is 0 Å². The fourth-order valence-electron chi connectivity index (χ4n) is 3.53. The molecule has 1 fully saturated rings. The van der Waals surface area contributed by atoms with Crippen molar-refractivity contribution < 1.29 is 4.79 Å². The average Bonchev–Trinajstić information content (AvgIpc) is 2.71. The Bertz CT molecular complexity index is 967. The summed E-state index contributed by atoms with van der Waals surface area (Å²) in [5.41, 5.74) is 2.35. The molecule has 1 aliphatic heterocycles. The van der Waals surface area contributed by atoms with E-state index >= 15 is 0 Å². The Labute approximate surface area is 164 Å². The average molecular weight is 378 g/mol. The first kappa shape index (κ1) is 18.0. The number of likely N-dealkylation sites (tertiary alicyclic amines) is 1. The molecule has 3 aromatic rings. The number of pyridine rings is 1. The zero-order valence-corrected chi connectivity index (χ0v) is 16.4. The highest BCUT2D eigenvalue weighted by molar-refractivity contribution is 7.98. The Kier molecular flexibility index (Phi) is 4.89. The molecule has 4 nitrogen and oxygen atoms in total. The Hall–Kier alpha value is -2.37. The summed E-state index contributed by atoms with van der Waals surface area (Å²) in [6.07, 6.45) is 4.70. The van der Waals surface area contributed by atoms with Gasteiger partial charge in [-0.3, -0.25) is 14.7 Å². The number of nitrogens with zero attached hydrogens (tertiary/aromatic N) is 2. The first-order chi connectivity index (χ1) is 13.1. The van der Waals surface area contributed by atoms with Gasteiger partial charge < -0.3 is 5.32 Å². The number of fused-ring (bicyclic) bond motifs is 1. The molecule has 138 valence electrons. The predicted octanol–water partition coefficient (Wildman–Crippen LogP) is 4.56. The van der Waals surface area contributed by atoms with Crippen molar-refractivity contribution >= 4 is 34.3 Å². The van der Waals surface area contributed by atoms with Crippen LogP contribution in [0, 0.1) is 0 Å². The Morgan fingerprint density at radius 3 is 2.67 bits per heavy atom. The third kappa shape index (κ3) is 3.45. The smallest absolute Gasteiger partial charge is 0.244 e. The van der Waals surface area contributed by atoms with Crippen LogP contribution in [0.4, 0.5) is 5.69 Å². The van der Waals surface area contributed by atoms with Crippen LogP contribution in [0.5, 0.6) is 0 Å². The second-order valence-corrected chi connectivity index (χ2v) is 8.01. The summed E-state index contributed by atoms with van der Waals surface area (Å²) in [6.45, 7) is 3.75. The van der Waals surface area contributed by atoms with Crippen LogP contribution in [0.25, 0.3) is 10.9 Å². The number of amides is 1. The summed E-state index contributed by atoms with van der Waals surface area (Å²) in [6, 6.07) is 18.4. The van der Waals surface area contributed by atoms with Gasteiger partial charge in [0.05, 0.1) is 16.7 Å². The molecule has 4 rings (SSSR count). The number of aromatic nitrogens is 1. The summed E-state index contributed by atoms with van der Waals surface area (Å²) >= 11 is 1.74. The topological polar surface area (TPSA) is 45.2 Å². The van der Waals surface area contributed by atoms with Crippen molar-refractivity contribution in [2.24, 2.45) is 0 Å². The molecule has 0 saturated carbocycles. The molecule has 1 amide bonds. The van der Waals surface area contributed by atoms with Crippen LogP contribution < -0.4 is 5.32 Å². The van der Waals surface area contributed by atoms with Crippen molar-refractivity contribution in [3.05, 3.63) is 66.4 Å². The molecular formula is C22H23N3OS. The molecular weight excluding hydrogens is 354 g/mol. The largest absolute Gasteiger partial charge is 0.323 e. The predicted molar refractivity (Wildman–Crippen MR) is 112 cm³/mol. The van der Waals surface area contributed by atoms with Crippen molar-refractivity contribution in [1.29, 1.82) is 0 Å². The van der Waals surface area contributed by atoms with Crippen LogP contribution in [0.2, 0.25) is 0 Å². The van der Waals surface area contributed by atoms with Crippen LogP contribution >= 0.6 is 11.8 Å². The lowest BCUT2D eigenvalue weighted by atomic mass is 9.85. The summed E-state index contributed by atoms with van der Waals surface area (Å²) in [5, 5.41) is 4.14. The molecule has 1 atom stereocenters. The van der Waals surface area contributed by atoms with Crippen LogP contribution in [-0.2, 0) is 11.3 Å². The van der Waals surface area contributed by atoms with Gasteiger partial charge in [-0.05, 0) is 49.4 Å². The first-order valence-electron chi connectivity index (χ1n) is 9.13. The van der Waals surface area contributed by atoms with Crippen molar-refractivity contribution in [2.45, 2.75) is 30.3 Å². The lowest BCUT2D eigenvalue weighted by Gasteiger charge is -2.49. The summed E-state index contributed by atoms with van der Waals surface area (Å²) in [5.74, 6) is 0.0348. The zero-order valence-electron chi connectivity index (χ0n) is 15.6. The van der Waals surface area contributed by atoms with E-state index in [-0.39, 0.29) is 5.91 Å². The Balaban J connectivity index is 1.50. The first-order valence-corrected chi connectivity index (χ1v) is 10.4. The number of thioether (sulfide) groups is 1. The molecule has 0 spiro atoms. The van der Waals surface area contributed by atoms with Gasteiger partial charge in [-0.15, -0.1) is 11.8 Å². The van der Waals surface area contributed by atoms with E-state index in [9.17, 15) is 4.79 Å². The second kappa shape index (κ2) is 7.33. The van der Waals surface area contributed by atoms with Gasteiger partial charge in [-0.2, -0.15) is 0 Å². The molecule has 0 bridgehead atoms. The standard InChI is InChI=1S/C22H23N3OS/c1-22(12-14-25(22)15-16-8-10-18(27-2)11-9-16)21(26)24-19-7-3-5-17-6-4-13-23-20(17)19/h3-11,13H,12,14-15H2,1-2H3,(H,24,26). The number of nitrogens with one attached hydrogen (secondary N) is 1. The SMILES string of the molecule is CSc1ccc(CN2CCC2(C)C(=O)Nc2cccc3cccnc23)cc1. The maximum atomic E-state index is 13.1. The van der Waals surface area contributed by atoms with E-state index in [4.69, 9.17) is 0 Å². The summed E-state index contributed by atoms with van der Waals surface area (Å²) in [7, 11) is 0. The minimum Gasteiger partial charge on any atom is -0.323 e. The number of para-hydroxylation sites is 1. The van der Waals surface area contributed by atoms with E-state index in [0.717, 1.165) is 36.1 Å². The van der Waals surface area contributed by atoms with Crippen molar-refractivity contribution in [1.82, 2.24) is 9.88 Å². The Morgan fingerprint density at radius 2 is 1.96 bits per heavy atom. The molecule has 2 heterocycles. The fourth-order valence-corrected chi connectivity index (χ4v) is 3.94. The van der Waals surface area contributed by atoms with Crippen molar-refractivity contribution in [2.75, 3.05) is 18.1 Å². The third-order valence-electron chi connectivity index (χ3n) is 5.47. The van der Waals surface area contributed by atoms with Gasteiger partial charge in [0.25, 0.3) is 0 Å². The van der Waals surface area contributed by atoms with Crippen LogP contribution in [0.1, 0.15) is 18.9 Å². The number of benzene rings is 2. The second-order valence-electron chi connectivity index (χ2n) is 7.13. The lowest BCUT2D eigenvalue weighted by molar-refractivity contribution is -0.136. The third-order valence-corrected chi connectivity index (χ3v) is 6.21. The molecule has 0 radical (unpaired) electrons. The molecule has 1 unspecified atom stereocenters. The zero-order chi connectivity index (χ0) is 18.9. The van der Waals surface area contributed by atoms with Gasteiger partial charge in [0, 0.05) is 29.6 Å². The molecule has 27 heavy (non-hydrogen) atoms. The van der Waals surface area contributed by atoms with E-state index in [1.165, 1.54) is 10.5 Å². The molecule has 0 aliphatic carbocycles. The maximum Gasteiger partial charge on any atom is 0.244 e. The highest BCUT2D eigenvalue weighted by Crippen LogP contribution is 2.34. The van der Waals surface area contributed by atoms with Crippen LogP contribution in [0.3, 0.4) is 0 Å². The highest BCUT2D eigenvalue weighted by atomic mass is 32.2. The van der Waals surface area contributed by atoms with Crippen molar-refractivity contribution in [3.8, 4) is 0 Å². The number of carbonyl (C=O) groups excluding carboxylic acids is 1. The summed E-state index contributed by atoms with van der Waals surface area (Å²) in [4.78, 5) is 21.0. The molecule has 1 saturated heterocycles. The molecule has 5 heteroatoms.